The Balaban J connectivity index is 1.49. The van der Waals surface area contributed by atoms with Crippen molar-refractivity contribution in [3.05, 3.63) is 90.9 Å². The topological polar surface area (TPSA) is 65.7 Å². The van der Waals surface area contributed by atoms with Crippen molar-refractivity contribution < 1.29 is 4.74 Å². The van der Waals surface area contributed by atoms with Gasteiger partial charge in [0.05, 0.1) is 17.8 Å². The zero-order chi connectivity index (χ0) is 21.8. The van der Waals surface area contributed by atoms with Crippen LogP contribution in [0.1, 0.15) is 12.6 Å². The molecule has 6 nitrogen and oxygen atoms in total. The zero-order valence-electron chi connectivity index (χ0n) is 17.5. The van der Waals surface area contributed by atoms with Gasteiger partial charge in [0.1, 0.15) is 5.75 Å². The molecular weight excluding hydrogens is 418 g/mol. The number of thioether (sulfide) groups is 1. The molecule has 0 aliphatic heterocycles. The van der Waals surface area contributed by atoms with E-state index in [0.29, 0.717) is 12.4 Å². The molecule has 0 bridgehead atoms. The van der Waals surface area contributed by atoms with Gasteiger partial charge in [-0.05, 0) is 55.5 Å². The first-order chi connectivity index (χ1) is 15.8. The second-order valence-electron chi connectivity index (χ2n) is 7.09. The Hall–Kier alpha value is -3.71. The highest BCUT2D eigenvalue weighted by Crippen LogP contribution is 2.30. The second kappa shape index (κ2) is 9.20. The second-order valence-corrected chi connectivity index (χ2v) is 8.03. The van der Waals surface area contributed by atoms with Crippen LogP contribution in [0.5, 0.6) is 5.75 Å². The first-order valence-electron chi connectivity index (χ1n) is 10.4. The Kier molecular flexibility index (Phi) is 5.81. The van der Waals surface area contributed by atoms with Crippen LogP contribution in [0.3, 0.4) is 0 Å². The van der Waals surface area contributed by atoms with Gasteiger partial charge in [0.25, 0.3) is 0 Å². The van der Waals surface area contributed by atoms with Gasteiger partial charge < -0.3 is 4.74 Å². The third-order valence-electron chi connectivity index (χ3n) is 4.98. The van der Waals surface area contributed by atoms with E-state index in [2.05, 4.69) is 37.9 Å². The number of ether oxygens (including phenoxy) is 1. The molecule has 158 valence electrons. The number of para-hydroxylation sites is 1. The van der Waals surface area contributed by atoms with Gasteiger partial charge in [-0.2, -0.15) is 0 Å². The fraction of sp³-hybridized carbons (Fsp3) is 0.120. The maximum atomic E-state index is 5.60. The monoisotopic (exact) mass is 439 g/mol. The summed E-state index contributed by atoms with van der Waals surface area (Å²) in [5, 5.41) is 10.9. The highest BCUT2D eigenvalue weighted by Gasteiger charge is 2.16. The molecule has 2 aromatic carbocycles. The van der Waals surface area contributed by atoms with Crippen LogP contribution < -0.4 is 4.74 Å². The normalized spacial score (nSPS) is 11.0. The Morgan fingerprint density at radius 2 is 1.69 bits per heavy atom. The van der Waals surface area contributed by atoms with Crippen LogP contribution in [-0.4, -0.2) is 31.3 Å². The van der Waals surface area contributed by atoms with Crippen LogP contribution in [0.4, 0.5) is 0 Å². The number of hydrogen-bond donors (Lipinski definition) is 0. The van der Waals surface area contributed by atoms with E-state index in [1.807, 2.05) is 61.5 Å². The number of hydrogen-bond acceptors (Lipinski definition) is 6. The molecule has 0 fully saturated rings. The Labute approximate surface area is 190 Å². The quantitative estimate of drug-likeness (QED) is 0.309. The number of aromatic nitrogens is 5. The summed E-state index contributed by atoms with van der Waals surface area (Å²) in [5.74, 6) is 2.30. The summed E-state index contributed by atoms with van der Waals surface area (Å²) in [6, 6.07) is 24.2. The Morgan fingerprint density at radius 3 is 2.50 bits per heavy atom. The SMILES string of the molecule is CCOc1ccc(-n2c(SCc3ccc4ccccc4n3)nnc2-c2ccncc2)cc1. The van der Waals surface area contributed by atoms with Crippen LogP contribution in [0.25, 0.3) is 28.0 Å². The van der Waals surface area contributed by atoms with E-state index in [4.69, 9.17) is 9.72 Å². The van der Waals surface area contributed by atoms with Gasteiger partial charge in [0.15, 0.2) is 11.0 Å². The molecule has 0 radical (unpaired) electrons. The maximum absolute atomic E-state index is 5.60. The molecule has 3 aromatic heterocycles. The van der Waals surface area contributed by atoms with E-state index >= 15 is 0 Å². The van der Waals surface area contributed by atoms with Crippen molar-refractivity contribution in [2.75, 3.05) is 6.61 Å². The molecule has 0 aliphatic rings. The number of nitrogens with zero attached hydrogens (tertiary/aromatic N) is 5. The molecule has 0 aliphatic carbocycles. The van der Waals surface area contributed by atoms with E-state index in [0.717, 1.165) is 44.6 Å². The molecule has 0 saturated carbocycles. The average Bonchev–Trinajstić information content (AvgIpc) is 3.28. The molecule has 7 heteroatoms. The summed E-state index contributed by atoms with van der Waals surface area (Å²) in [4.78, 5) is 8.91. The van der Waals surface area contributed by atoms with Crippen molar-refractivity contribution in [1.29, 1.82) is 0 Å². The molecule has 0 spiro atoms. The van der Waals surface area contributed by atoms with E-state index in [-0.39, 0.29) is 0 Å². The third-order valence-corrected chi connectivity index (χ3v) is 5.95. The molecular formula is C25H21N5OS. The highest BCUT2D eigenvalue weighted by atomic mass is 32.2. The third kappa shape index (κ3) is 4.20. The van der Waals surface area contributed by atoms with Gasteiger partial charge in [-0.15, -0.1) is 10.2 Å². The molecule has 0 amide bonds. The maximum Gasteiger partial charge on any atom is 0.196 e. The lowest BCUT2D eigenvalue weighted by Crippen LogP contribution is -2.01. The van der Waals surface area contributed by atoms with Crippen LogP contribution in [-0.2, 0) is 5.75 Å². The van der Waals surface area contributed by atoms with Gasteiger partial charge in [-0.3, -0.25) is 14.5 Å². The van der Waals surface area contributed by atoms with Crippen molar-refractivity contribution in [2.24, 2.45) is 0 Å². The summed E-state index contributed by atoms with van der Waals surface area (Å²) in [6.07, 6.45) is 3.52. The van der Waals surface area contributed by atoms with Gasteiger partial charge in [0, 0.05) is 34.8 Å². The lowest BCUT2D eigenvalue weighted by molar-refractivity contribution is 0.340. The summed E-state index contributed by atoms with van der Waals surface area (Å²) in [6.45, 7) is 2.61. The van der Waals surface area contributed by atoms with Crippen LogP contribution >= 0.6 is 11.8 Å². The standard InChI is InChI=1S/C25H21N5OS/c1-2-31-22-11-9-21(10-12-22)30-24(19-13-15-26-16-14-19)28-29-25(30)32-17-20-8-7-18-5-3-4-6-23(18)27-20/h3-16H,2,17H2,1H3. The summed E-state index contributed by atoms with van der Waals surface area (Å²) >= 11 is 1.61. The fourth-order valence-corrected chi connectivity index (χ4v) is 4.33. The molecule has 0 saturated heterocycles. The Bertz CT molecular complexity index is 1340. The highest BCUT2D eigenvalue weighted by molar-refractivity contribution is 7.98. The minimum Gasteiger partial charge on any atom is -0.494 e. The van der Waals surface area contributed by atoms with E-state index in [1.165, 1.54) is 0 Å². The number of rotatable bonds is 7. The first kappa shape index (κ1) is 20.2. The fourth-order valence-electron chi connectivity index (χ4n) is 3.47. The lowest BCUT2D eigenvalue weighted by Gasteiger charge is -2.11. The summed E-state index contributed by atoms with van der Waals surface area (Å²) < 4.78 is 7.67. The molecule has 0 unspecified atom stereocenters. The molecule has 0 atom stereocenters. The van der Waals surface area contributed by atoms with E-state index in [1.54, 1.807) is 24.2 Å². The van der Waals surface area contributed by atoms with Crippen molar-refractivity contribution in [2.45, 2.75) is 17.8 Å². The lowest BCUT2D eigenvalue weighted by atomic mass is 10.2. The van der Waals surface area contributed by atoms with Gasteiger partial charge in [-0.25, -0.2) is 0 Å². The van der Waals surface area contributed by atoms with Gasteiger partial charge in [0.2, 0.25) is 0 Å². The molecule has 5 rings (SSSR count). The largest absolute Gasteiger partial charge is 0.494 e. The summed E-state index contributed by atoms with van der Waals surface area (Å²) in [7, 11) is 0. The van der Waals surface area contributed by atoms with Crippen LogP contribution in [0.2, 0.25) is 0 Å². The Morgan fingerprint density at radius 1 is 0.875 bits per heavy atom. The first-order valence-corrected chi connectivity index (χ1v) is 11.4. The van der Waals surface area contributed by atoms with E-state index in [9.17, 15) is 0 Å². The van der Waals surface area contributed by atoms with Crippen molar-refractivity contribution >= 4 is 22.7 Å². The molecule has 5 aromatic rings. The predicted molar refractivity (Wildman–Crippen MR) is 127 cm³/mol. The van der Waals surface area contributed by atoms with Gasteiger partial charge in [-0.1, -0.05) is 36.0 Å². The van der Waals surface area contributed by atoms with Crippen molar-refractivity contribution in [3.8, 4) is 22.8 Å². The minimum atomic E-state index is 0.633. The van der Waals surface area contributed by atoms with Crippen LogP contribution in [0.15, 0.2) is 90.3 Å². The number of benzene rings is 2. The van der Waals surface area contributed by atoms with Gasteiger partial charge >= 0.3 is 0 Å². The number of pyridine rings is 2. The summed E-state index contributed by atoms with van der Waals surface area (Å²) in [5.41, 5.74) is 3.92. The zero-order valence-corrected chi connectivity index (χ0v) is 18.4. The average molecular weight is 440 g/mol. The van der Waals surface area contributed by atoms with Crippen molar-refractivity contribution in [1.82, 2.24) is 24.7 Å². The minimum absolute atomic E-state index is 0.633. The molecule has 3 heterocycles. The van der Waals surface area contributed by atoms with Crippen molar-refractivity contribution in [3.63, 3.8) is 0 Å². The predicted octanol–water partition coefficient (Wildman–Crippen LogP) is 5.57. The number of fused-ring (bicyclic) bond motifs is 1. The molecule has 32 heavy (non-hydrogen) atoms. The van der Waals surface area contributed by atoms with E-state index < -0.39 is 0 Å². The molecule has 0 N–H and O–H groups in total. The smallest absolute Gasteiger partial charge is 0.196 e. The van der Waals surface area contributed by atoms with Crippen LogP contribution in [0, 0.1) is 0 Å².